The zero-order valence-corrected chi connectivity index (χ0v) is 26.8. The molecule has 0 heterocycles. The number of carbonyl (C=O) groups excluding carboxylic acids is 2. The van der Waals surface area contributed by atoms with Gasteiger partial charge in [0.25, 0.3) is 10.0 Å². The molecule has 0 bridgehead atoms. The van der Waals surface area contributed by atoms with Crippen LogP contribution in [0.5, 0.6) is 0 Å². The number of sulfonamides is 1. The van der Waals surface area contributed by atoms with Crippen molar-refractivity contribution in [3.8, 4) is 0 Å². The molecular weight excluding hydrogens is 594 g/mol. The van der Waals surface area contributed by atoms with Gasteiger partial charge in [-0.1, -0.05) is 104 Å². The van der Waals surface area contributed by atoms with Gasteiger partial charge in [0.15, 0.2) is 0 Å². The molecule has 0 aromatic heterocycles. The van der Waals surface area contributed by atoms with Gasteiger partial charge in [-0.2, -0.15) is 0 Å². The fraction of sp³-hybridized carbons (Fsp3) is 0.257. The highest BCUT2D eigenvalue weighted by Crippen LogP contribution is 2.26. The van der Waals surface area contributed by atoms with Gasteiger partial charge in [0.1, 0.15) is 12.6 Å². The fourth-order valence-corrected chi connectivity index (χ4v) is 6.40. The third-order valence-corrected chi connectivity index (χ3v) is 9.16. The van der Waals surface area contributed by atoms with Gasteiger partial charge in [0.05, 0.1) is 10.6 Å². The van der Waals surface area contributed by atoms with Gasteiger partial charge in [-0.3, -0.25) is 13.9 Å². The lowest BCUT2D eigenvalue weighted by Crippen LogP contribution is -2.53. The number of nitrogens with one attached hydrogen (secondary N) is 1. The van der Waals surface area contributed by atoms with Crippen molar-refractivity contribution in [1.82, 2.24) is 10.2 Å². The van der Waals surface area contributed by atoms with Gasteiger partial charge in [-0.15, -0.1) is 0 Å². The predicted molar refractivity (Wildman–Crippen MR) is 176 cm³/mol. The molecule has 0 saturated heterocycles. The van der Waals surface area contributed by atoms with Crippen LogP contribution < -0.4 is 9.62 Å². The van der Waals surface area contributed by atoms with E-state index in [1.165, 1.54) is 17.0 Å². The Bertz CT molecular complexity index is 1650. The van der Waals surface area contributed by atoms with E-state index in [1.54, 1.807) is 42.5 Å². The SMILES string of the molecule is Cc1cccc(CN(C(=O)CN(c2ccc(Cl)cc2)S(=O)(=O)c2ccccc2)[C@@H](Cc2ccccc2)C(=O)NCC(C)C)c1. The van der Waals surface area contributed by atoms with E-state index in [0.29, 0.717) is 11.6 Å². The third-order valence-electron chi connectivity index (χ3n) is 7.12. The number of rotatable bonds is 13. The molecule has 0 radical (unpaired) electrons. The Hall–Kier alpha value is -4.14. The number of carbonyl (C=O) groups is 2. The molecule has 9 heteroatoms. The van der Waals surface area contributed by atoms with E-state index in [0.717, 1.165) is 21.0 Å². The largest absolute Gasteiger partial charge is 0.354 e. The first kappa shape index (κ1) is 32.8. The summed E-state index contributed by atoms with van der Waals surface area (Å²) in [6.45, 7) is 6.00. The van der Waals surface area contributed by atoms with Crippen LogP contribution in [0, 0.1) is 12.8 Å². The van der Waals surface area contributed by atoms with E-state index in [9.17, 15) is 18.0 Å². The van der Waals surface area contributed by atoms with Crippen molar-refractivity contribution in [3.63, 3.8) is 0 Å². The van der Waals surface area contributed by atoms with Crippen LogP contribution in [-0.2, 0) is 32.6 Å². The zero-order valence-electron chi connectivity index (χ0n) is 25.2. The Morgan fingerprint density at radius 1 is 0.818 bits per heavy atom. The van der Waals surface area contributed by atoms with Crippen LogP contribution in [0.4, 0.5) is 5.69 Å². The summed E-state index contributed by atoms with van der Waals surface area (Å²) >= 11 is 6.12. The van der Waals surface area contributed by atoms with Crippen molar-refractivity contribution >= 4 is 39.1 Å². The number of amides is 2. The minimum absolute atomic E-state index is 0.0449. The maximum Gasteiger partial charge on any atom is 0.264 e. The van der Waals surface area contributed by atoms with E-state index in [4.69, 9.17) is 11.6 Å². The predicted octanol–water partition coefficient (Wildman–Crippen LogP) is 6.26. The summed E-state index contributed by atoms with van der Waals surface area (Å²) in [6.07, 6.45) is 0.259. The van der Waals surface area contributed by atoms with Gasteiger partial charge < -0.3 is 10.2 Å². The quantitative estimate of drug-likeness (QED) is 0.189. The second kappa shape index (κ2) is 15.0. The molecular formula is C35H38ClN3O4S. The molecule has 1 N–H and O–H groups in total. The summed E-state index contributed by atoms with van der Waals surface area (Å²) in [7, 11) is -4.16. The highest BCUT2D eigenvalue weighted by molar-refractivity contribution is 7.92. The summed E-state index contributed by atoms with van der Waals surface area (Å²) in [5, 5.41) is 3.44. The van der Waals surface area contributed by atoms with E-state index in [2.05, 4.69) is 5.32 Å². The molecule has 0 fully saturated rings. The molecule has 44 heavy (non-hydrogen) atoms. The van der Waals surface area contributed by atoms with Crippen molar-refractivity contribution in [3.05, 3.63) is 131 Å². The zero-order chi connectivity index (χ0) is 31.7. The minimum atomic E-state index is -4.16. The Morgan fingerprint density at radius 3 is 2.05 bits per heavy atom. The second-order valence-corrected chi connectivity index (χ2v) is 13.5. The Labute approximate surface area is 265 Å². The standard InChI is InChI=1S/C35H38ClN3O4S/c1-26(2)23-37-35(41)33(22-28-12-6-4-7-13-28)38(24-29-14-10-11-27(3)21-29)34(40)25-39(31-19-17-30(36)18-20-31)44(42,43)32-15-8-5-9-16-32/h4-21,26,33H,22-25H2,1-3H3,(H,37,41)/t33-/m0/s1. The van der Waals surface area contributed by atoms with E-state index in [1.807, 2.05) is 75.4 Å². The second-order valence-electron chi connectivity index (χ2n) is 11.2. The van der Waals surface area contributed by atoms with E-state index in [-0.39, 0.29) is 35.4 Å². The average Bonchev–Trinajstić information content (AvgIpc) is 3.01. The van der Waals surface area contributed by atoms with Crippen molar-refractivity contribution in [2.45, 2.75) is 44.7 Å². The molecule has 230 valence electrons. The summed E-state index contributed by atoms with van der Waals surface area (Å²) in [5.41, 5.74) is 3.00. The molecule has 7 nitrogen and oxygen atoms in total. The van der Waals surface area contributed by atoms with Crippen LogP contribution >= 0.6 is 11.6 Å². The average molecular weight is 632 g/mol. The first-order chi connectivity index (χ1) is 21.0. The van der Waals surface area contributed by atoms with Crippen LogP contribution in [0.3, 0.4) is 0 Å². The van der Waals surface area contributed by atoms with Crippen molar-refractivity contribution in [1.29, 1.82) is 0 Å². The van der Waals surface area contributed by atoms with Crippen LogP contribution in [0.1, 0.15) is 30.5 Å². The molecule has 0 spiro atoms. The number of aryl methyl sites for hydroxylation is 1. The highest BCUT2D eigenvalue weighted by Gasteiger charge is 2.34. The van der Waals surface area contributed by atoms with Gasteiger partial charge >= 0.3 is 0 Å². The number of anilines is 1. The van der Waals surface area contributed by atoms with Crippen LogP contribution in [0.25, 0.3) is 0 Å². The van der Waals surface area contributed by atoms with Crippen molar-refractivity contribution < 1.29 is 18.0 Å². The van der Waals surface area contributed by atoms with Gasteiger partial charge in [0.2, 0.25) is 11.8 Å². The van der Waals surface area contributed by atoms with Crippen LogP contribution in [-0.4, -0.2) is 44.3 Å². The minimum Gasteiger partial charge on any atom is -0.354 e. The number of benzene rings is 4. The van der Waals surface area contributed by atoms with Gasteiger partial charge in [-0.25, -0.2) is 8.42 Å². The summed E-state index contributed by atoms with van der Waals surface area (Å²) < 4.78 is 29.1. The number of nitrogens with zero attached hydrogens (tertiary/aromatic N) is 2. The topological polar surface area (TPSA) is 86.8 Å². The van der Waals surface area contributed by atoms with Crippen molar-refractivity contribution in [2.24, 2.45) is 5.92 Å². The summed E-state index contributed by atoms with van der Waals surface area (Å²) in [5.74, 6) is -0.609. The lowest BCUT2D eigenvalue weighted by atomic mass is 10.0. The normalized spacial score (nSPS) is 12.0. The molecule has 4 aromatic carbocycles. The molecule has 2 amide bonds. The maximum atomic E-state index is 14.4. The van der Waals surface area contributed by atoms with Gasteiger partial charge in [0, 0.05) is 24.5 Å². The summed E-state index contributed by atoms with van der Waals surface area (Å²) in [4.78, 5) is 29.8. The molecule has 0 aliphatic rings. The highest BCUT2D eigenvalue weighted by atomic mass is 35.5. The van der Waals surface area contributed by atoms with Crippen LogP contribution in [0.2, 0.25) is 5.02 Å². The van der Waals surface area contributed by atoms with Crippen molar-refractivity contribution in [2.75, 3.05) is 17.4 Å². The lowest BCUT2D eigenvalue weighted by molar-refractivity contribution is -0.140. The Balaban J connectivity index is 1.79. The molecule has 0 saturated carbocycles. The maximum absolute atomic E-state index is 14.4. The summed E-state index contributed by atoms with van der Waals surface area (Å²) in [6, 6.07) is 30.6. The van der Waals surface area contributed by atoms with E-state index >= 15 is 0 Å². The number of hydrogen-bond acceptors (Lipinski definition) is 4. The molecule has 1 atom stereocenters. The third kappa shape index (κ3) is 8.71. The van der Waals surface area contributed by atoms with E-state index < -0.39 is 28.5 Å². The monoisotopic (exact) mass is 631 g/mol. The first-order valence-corrected chi connectivity index (χ1v) is 16.4. The lowest BCUT2D eigenvalue weighted by Gasteiger charge is -2.34. The number of hydrogen-bond donors (Lipinski definition) is 1. The molecule has 4 aromatic rings. The Morgan fingerprint density at radius 2 is 1.43 bits per heavy atom. The molecule has 0 unspecified atom stereocenters. The molecule has 0 aliphatic carbocycles. The molecule has 0 aliphatic heterocycles. The number of halogens is 1. The van der Waals surface area contributed by atoms with Gasteiger partial charge in [-0.05, 0) is 60.4 Å². The first-order valence-electron chi connectivity index (χ1n) is 14.5. The smallest absolute Gasteiger partial charge is 0.264 e. The molecule has 4 rings (SSSR count). The fourth-order valence-electron chi connectivity index (χ4n) is 4.84. The Kier molecular flexibility index (Phi) is 11.2. The van der Waals surface area contributed by atoms with Crippen LogP contribution in [0.15, 0.2) is 114 Å².